The van der Waals surface area contributed by atoms with Crippen molar-refractivity contribution in [3.8, 4) is 0 Å². The minimum Gasteiger partial charge on any atom is -0.444 e. The Bertz CT molecular complexity index is 3670. The van der Waals surface area contributed by atoms with Crippen molar-refractivity contribution in [2.45, 2.75) is 300 Å². The predicted molar refractivity (Wildman–Crippen MR) is 401 cm³/mol. The van der Waals surface area contributed by atoms with Gasteiger partial charge in [0.2, 0.25) is 23.6 Å². The lowest BCUT2D eigenvalue weighted by atomic mass is 9.73. The number of ether oxygens (including phenoxy) is 1. The summed E-state index contributed by atoms with van der Waals surface area (Å²) >= 11 is 0. The molecule has 24 heteroatoms. The van der Waals surface area contributed by atoms with Crippen molar-refractivity contribution in [3.63, 3.8) is 0 Å². The van der Waals surface area contributed by atoms with E-state index in [1.54, 1.807) is 42.7 Å². The normalized spacial score (nSPS) is 32.2. The van der Waals surface area contributed by atoms with Crippen molar-refractivity contribution in [1.82, 2.24) is 33.2 Å². The van der Waals surface area contributed by atoms with Gasteiger partial charge in [-0.1, -0.05) is 133 Å². The first-order chi connectivity index (χ1) is 48.8. The second-order valence-electron chi connectivity index (χ2n) is 39.1. The minimum atomic E-state index is -4.06. The van der Waals surface area contributed by atoms with Crippen LogP contribution < -0.4 is 20.5 Å². The number of alkyl carbamates (subject to hydrolysis) is 1. The van der Waals surface area contributed by atoms with Gasteiger partial charge in [0.1, 0.15) is 5.60 Å². The smallest absolute Gasteiger partial charge is 0.408 e. The van der Waals surface area contributed by atoms with E-state index in [2.05, 4.69) is 55.6 Å². The quantitative estimate of drug-likeness (QED) is 0.0618. The molecule has 4 spiro atoms. The molecule has 22 nitrogen and oxygen atoms in total. The van der Waals surface area contributed by atoms with E-state index >= 15 is 4.79 Å². The lowest BCUT2D eigenvalue weighted by Crippen LogP contribution is -2.52. The number of rotatable bonds is 25. The van der Waals surface area contributed by atoms with E-state index in [0.717, 1.165) is 128 Å². The summed E-state index contributed by atoms with van der Waals surface area (Å²) in [6.07, 6.45) is 22.9. The van der Waals surface area contributed by atoms with Crippen LogP contribution in [0.25, 0.3) is 0 Å². The number of nitrogens with one attached hydrogen (secondary N) is 3. The average molecular weight is 1500 g/mol. The van der Waals surface area contributed by atoms with Crippen LogP contribution in [-0.4, -0.2) is 157 Å². The molecule has 105 heavy (non-hydrogen) atoms. The maximum atomic E-state index is 15.2. The summed E-state index contributed by atoms with van der Waals surface area (Å²) in [7, 11) is -8.08. The molecular formula is C81H128N8O14S2. The fourth-order valence-electron chi connectivity index (χ4n) is 22.6. The molecule has 0 unspecified atom stereocenters. The van der Waals surface area contributed by atoms with Crippen LogP contribution in [0.2, 0.25) is 0 Å². The standard InChI is InChI=1S/C43H68N4O8S.C38H60N4O6S/c1-10-29-24-41(29,36(51)45-56(53,54)46-21-14-15-22-46)26-33(49)31-25-43(40(8,9)42(43)19-16-20-42)27-47(31)35(50)30(38(2,3)4)23-32(48)34(28-17-12-11-13-18-28)44-37(52)55-39(5,6)7;1-7-26-21-36(26,33(46)40-49(47,48)41-18-11-12-19-41)23-30(44)28-22-38(35(5,6)37(38)16-13-17-37)24-42(28)32(45)27(34(2,3)4)20-29(43)31(39)25-14-9-8-10-15-25/h10,28-31,34H,1,11-27H2,2-9H3,(H,44,52)(H,45,51);7,25-28,31H,1,8-24,39H2,2-6H3,(H,40,46)/t29-,30-,31+,34+,41-,43-;26-,27-,28+,31+,36-,38-/m11/s1. The SMILES string of the molecule is C=C[C@@H]1C[C@]1(CC(=O)[C@@H]1C[C@@]2(CN1C(=O)[C@@H](CC(=O)[C@@H](N)C1CCCCC1)C(C)(C)C)C(C)(C)C21CCC1)C(=O)NS(=O)(=O)N1CCCC1.C=C[C@@H]1C[C@]1(CC(=O)[C@@H]1C[C@@]2(CN1C(=O)[C@@H](CC(=O)[C@@H](NC(=O)OC(C)(C)C)C1CCCCC1)C(C)(C)C)C(C)(C)C21CCC1)C(=O)NS(=O)(=O)N1CCCC1. The molecule has 12 aliphatic rings. The van der Waals surface area contributed by atoms with E-state index in [9.17, 15) is 55.2 Å². The fourth-order valence-corrected chi connectivity index (χ4v) is 25.2. The van der Waals surface area contributed by atoms with Gasteiger partial charge < -0.3 is 25.6 Å². The van der Waals surface area contributed by atoms with Crippen molar-refractivity contribution in [2.75, 3.05) is 39.3 Å². The third-order valence-corrected chi connectivity index (χ3v) is 33.1. The molecule has 8 saturated carbocycles. The molecule has 4 aliphatic heterocycles. The Kier molecular flexibility index (Phi) is 22.2. The Labute approximate surface area is 627 Å². The molecule has 0 bridgehead atoms. The van der Waals surface area contributed by atoms with Gasteiger partial charge in [-0.3, -0.25) is 38.4 Å². The summed E-state index contributed by atoms with van der Waals surface area (Å²) < 4.78 is 65.2. The highest BCUT2D eigenvalue weighted by molar-refractivity contribution is 7.88. The largest absolute Gasteiger partial charge is 0.444 e. The monoisotopic (exact) mass is 1500 g/mol. The van der Waals surface area contributed by atoms with E-state index in [0.29, 0.717) is 65.0 Å². The van der Waals surface area contributed by atoms with E-state index in [4.69, 9.17) is 10.5 Å². The molecule has 5 N–H and O–H groups in total. The second-order valence-corrected chi connectivity index (χ2v) is 42.4. The summed E-state index contributed by atoms with van der Waals surface area (Å²) in [6.45, 7) is 36.1. The molecule has 588 valence electrons. The molecule has 0 aromatic carbocycles. The Morgan fingerprint density at radius 1 is 0.505 bits per heavy atom. The Morgan fingerprint density at radius 3 is 1.18 bits per heavy atom. The van der Waals surface area contributed by atoms with E-state index < -0.39 is 102 Å². The van der Waals surface area contributed by atoms with Gasteiger partial charge in [-0.05, 0) is 180 Å². The summed E-state index contributed by atoms with van der Waals surface area (Å²) in [5.41, 5.74) is 1.57. The number of nitrogens with two attached hydrogens (primary N) is 1. The maximum absolute atomic E-state index is 15.2. The first-order valence-corrected chi connectivity index (χ1v) is 43.1. The second kappa shape index (κ2) is 28.8. The van der Waals surface area contributed by atoms with Crippen molar-refractivity contribution in [2.24, 2.45) is 95.4 Å². The molecule has 0 aromatic heterocycles. The average Bonchev–Trinajstić information content (AvgIpc) is 1.46. The van der Waals surface area contributed by atoms with Crippen LogP contribution >= 0.6 is 0 Å². The first-order valence-electron chi connectivity index (χ1n) is 40.2. The molecule has 8 aliphatic carbocycles. The third kappa shape index (κ3) is 14.5. The van der Waals surface area contributed by atoms with E-state index in [-0.39, 0.29) is 117 Å². The number of fused-ring (bicyclic) bond motifs is 2. The summed E-state index contributed by atoms with van der Waals surface area (Å²) in [4.78, 5) is 132. The van der Waals surface area contributed by atoms with Gasteiger partial charge in [0.25, 0.3) is 0 Å². The third-order valence-electron chi connectivity index (χ3n) is 30.1. The molecule has 5 amide bonds. The number of carbonyl (C=O) groups is 9. The number of allylic oxidation sites excluding steroid dienone is 2. The fraction of sp³-hybridized carbons (Fsp3) is 0.840. The molecule has 12 fully saturated rings. The zero-order valence-corrected chi connectivity index (χ0v) is 67.4. The first kappa shape index (κ1) is 81.1. The van der Waals surface area contributed by atoms with Gasteiger partial charge in [-0.15, -0.1) is 13.2 Å². The molecular weight excluding hydrogens is 1370 g/mol. The highest BCUT2D eigenvalue weighted by Gasteiger charge is 2.87. The maximum Gasteiger partial charge on any atom is 0.408 e. The summed E-state index contributed by atoms with van der Waals surface area (Å²) in [6, 6.07) is -2.96. The predicted octanol–water partition coefficient (Wildman–Crippen LogP) is 11.4. The number of nitrogens with zero attached hydrogens (tertiary/aromatic N) is 4. The van der Waals surface area contributed by atoms with Gasteiger partial charge >= 0.3 is 26.5 Å². The van der Waals surface area contributed by atoms with Crippen LogP contribution in [0.15, 0.2) is 25.3 Å². The number of Topliss-reactive ketones (excluding diaryl/α,β-unsaturated/α-hetero) is 4. The number of ketones is 4. The van der Waals surface area contributed by atoms with Gasteiger partial charge in [0, 0.05) is 87.6 Å². The van der Waals surface area contributed by atoms with Crippen LogP contribution in [0.5, 0.6) is 0 Å². The van der Waals surface area contributed by atoms with E-state index in [1.165, 1.54) is 8.61 Å². The molecule has 12 rings (SSSR count). The summed E-state index contributed by atoms with van der Waals surface area (Å²) in [5.74, 6) is -4.63. The highest BCUT2D eigenvalue weighted by atomic mass is 32.2. The van der Waals surface area contributed by atoms with Gasteiger partial charge in [-0.25, -0.2) is 14.2 Å². The Hall–Kier alpha value is -4.91. The van der Waals surface area contributed by atoms with Crippen LogP contribution in [0.4, 0.5) is 4.79 Å². The Balaban J connectivity index is 0.000000212. The topological polar surface area (TPSA) is 306 Å². The van der Waals surface area contributed by atoms with Gasteiger partial charge in [0.05, 0.1) is 35.0 Å². The van der Waals surface area contributed by atoms with Crippen LogP contribution in [0, 0.1) is 89.7 Å². The number of carbonyl (C=O) groups excluding carboxylic acids is 9. The zero-order valence-electron chi connectivity index (χ0n) is 65.8. The van der Waals surface area contributed by atoms with Gasteiger partial charge in [-0.2, -0.15) is 25.4 Å². The lowest BCUT2D eigenvalue weighted by Gasteiger charge is -2.37. The van der Waals surface area contributed by atoms with Crippen LogP contribution in [0.1, 0.15) is 270 Å². The van der Waals surface area contributed by atoms with Crippen molar-refractivity contribution < 1.29 is 64.7 Å². The van der Waals surface area contributed by atoms with Crippen LogP contribution in [-0.2, 0) is 63.5 Å². The molecule has 12 atom stereocenters. The van der Waals surface area contributed by atoms with Crippen molar-refractivity contribution in [1.29, 1.82) is 0 Å². The molecule has 0 aromatic rings. The van der Waals surface area contributed by atoms with Crippen molar-refractivity contribution >= 4 is 73.3 Å². The van der Waals surface area contributed by atoms with Crippen molar-refractivity contribution in [3.05, 3.63) is 25.3 Å². The summed E-state index contributed by atoms with van der Waals surface area (Å²) in [5, 5.41) is 2.90. The van der Waals surface area contributed by atoms with E-state index in [1.807, 2.05) is 41.5 Å². The lowest BCUT2D eigenvalue weighted by molar-refractivity contribution is -0.146. The number of hydrogen-bond acceptors (Lipinski definition) is 15. The molecule has 4 saturated heterocycles. The number of amides is 5. The zero-order chi connectivity index (χ0) is 77.1. The van der Waals surface area contributed by atoms with Gasteiger partial charge in [0.15, 0.2) is 23.1 Å². The minimum absolute atomic E-state index is 0.0200. The number of hydrogen-bond donors (Lipinski definition) is 4. The van der Waals surface area contributed by atoms with Crippen LogP contribution in [0.3, 0.4) is 0 Å². The highest BCUT2D eigenvalue weighted by Crippen LogP contribution is 2.89. The molecule has 0 radical (unpaired) electrons. The number of likely N-dealkylation sites (tertiary alicyclic amines) is 2. The Morgan fingerprint density at radius 2 is 0.867 bits per heavy atom. The molecule has 4 heterocycles.